The molecule has 55 heavy (non-hydrogen) atoms. The van der Waals surface area contributed by atoms with E-state index in [9.17, 15) is 9.59 Å². The first-order valence-electron chi connectivity index (χ1n) is 20.6. The lowest BCUT2D eigenvalue weighted by Gasteiger charge is -2.42. The number of hydrogen-bond acceptors (Lipinski definition) is 10. The number of ketones is 1. The molecule has 4 aliphatic rings. The second kappa shape index (κ2) is 17.8. The number of piperidine rings is 2. The minimum absolute atomic E-state index is 0.00396. The van der Waals surface area contributed by atoms with Crippen LogP contribution in [0.25, 0.3) is 0 Å². The van der Waals surface area contributed by atoms with Crippen molar-refractivity contribution in [2.75, 3.05) is 49.1 Å². The highest BCUT2D eigenvalue weighted by Crippen LogP contribution is 2.47. The molecule has 10 heteroatoms. The van der Waals surface area contributed by atoms with Crippen LogP contribution in [0.2, 0.25) is 0 Å². The van der Waals surface area contributed by atoms with Crippen LogP contribution in [0.1, 0.15) is 127 Å². The number of nitrogens with two attached hydrogens (primary N) is 1. The SMILES string of the molecule is CCOC(=O)c1cnc(CC2(c3ccc(N4CCCCC4)cc3)CCC2)nc1.NCC(=O)c1cnc(CC2(c3ccc(N4CCCCC4)cc3)CCC2)nc1. The highest BCUT2D eigenvalue weighted by molar-refractivity contribution is 5.96. The van der Waals surface area contributed by atoms with Gasteiger partial charge in [0.1, 0.15) is 11.6 Å². The van der Waals surface area contributed by atoms with Crippen LogP contribution < -0.4 is 15.5 Å². The zero-order chi connectivity index (χ0) is 38.1. The number of esters is 1. The molecule has 2 aromatic carbocycles. The Morgan fingerprint density at radius 2 is 1.00 bits per heavy atom. The number of nitrogens with zero attached hydrogens (tertiary/aromatic N) is 6. The molecule has 4 aromatic rings. The number of aromatic nitrogens is 4. The summed E-state index contributed by atoms with van der Waals surface area (Å²) in [5.41, 5.74) is 12.0. The van der Waals surface area contributed by atoms with Crippen molar-refractivity contribution in [1.82, 2.24) is 19.9 Å². The maximum atomic E-state index is 11.8. The second-order valence-electron chi connectivity index (χ2n) is 15.9. The lowest BCUT2D eigenvalue weighted by molar-refractivity contribution is 0.0525. The van der Waals surface area contributed by atoms with Crippen LogP contribution in [0, 0.1) is 0 Å². The Balaban J connectivity index is 0.000000169. The molecule has 4 heterocycles. The van der Waals surface area contributed by atoms with Gasteiger partial charge in [0.15, 0.2) is 5.78 Å². The highest BCUT2D eigenvalue weighted by Gasteiger charge is 2.40. The van der Waals surface area contributed by atoms with Gasteiger partial charge in [-0.3, -0.25) is 4.79 Å². The predicted octanol–water partition coefficient (Wildman–Crippen LogP) is 7.58. The van der Waals surface area contributed by atoms with Crippen LogP contribution in [0.15, 0.2) is 73.3 Å². The Kier molecular flexibility index (Phi) is 12.5. The first-order chi connectivity index (χ1) is 26.9. The molecule has 0 spiro atoms. The Morgan fingerprint density at radius 3 is 1.35 bits per heavy atom. The monoisotopic (exact) mass is 743 g/mol. The number of Topliss-reactive ketones (excluding diaryl/α,β-unsaturated/α-hetero) is 1. The number of hydrogen-bond donors (Lipinski definition) is 1. The molecular formula is C45H57N7O3. The molecule has 2 saturated carbocycles. The average molecular weight is 744 g/mol. The van der Waals surface area contributed by atoms with E-state index in [-0.39, 0.29) is 29.1 Å². The van der Waals surface area contributed by atoms with Crippen LogP contribution in [-0.4, -0.2) is 71.0 Å². The summed E-state index contributed by atoms with van der Waals surface area (Å²) in [7, 11) is 0. The molecule has 2 aromatic heterocycles. The molecular weight excluding hydrogens is 687 g/mol. The first-order valence-corrected chi connectivity index (χ1v) is 20.6. The van der Waals surface area contributed by atoms with Crippen molar-refractivity contribution in [2.24, 2.45) is 5.73 Å². The van der Waals surface area contributed by atoms with Gasteiger partial charge in [-0.1, -0.05) is 37.1 Å². The molecule has 2 aliphatic carbocycles. The molecule has 0 radical (unpaired) electrons. The molecule has 0 amide bonds. The standard InChI is InChI=1S/C23H29N3O2.C22H28N4O/c1-2-28-22(27)18-16-24-21(25-17-18)15-23(11-6-12-23)19-7-9-20(10-8-19)26-13-4-3-5-14-26;23-14-20(27)17-15-24-21(25-16-17)13-22(9-4-10-22)18-5-7-19(8-6-18)26-11-2-1-3-12-26/h7-10,16-17H,2-6,11-15H2,1H3;5-8,15-16H,1-4,9-14,23H2. The predicted molar refractivity (Wildman–Crippen MR) is 217 cm³/mol. The van der Waals surface area contributed by atoms with Gasteiger partial charge in [-0.2, -0.15) is 0 Å². The highest BCUT2D eigenvalue weighted by atomic mass is 16.5. The van der Waals surface area contributed by atoms with Gasteiger partial charge in [0, 0.05) is 86.0 Å². The molecule has 8 rings (SSSR count). The summed E-state index contributed by atoms with van der Waals surface area (Å²) in [5.74, 6) is 1.13. The quantitative estimate of drug-likeness (QED) is 0.115. The molecule has 4 fully saturated rings. The molecule has 2 N–H and O–H groups in total. The van der Waals surface area contributed by atoms with Crippen molar-refractivity contribution >= 4 is 23.1 Å². The van der Waals surface area contributed by atoms with Gasteiger partial charge >= 0.3 is 5.97 Å². The molecule has 10 nitrogen and oxygen atoms in total. The minimum Gasteiger partial charge on any atom is -0.462 e. The van der Waals surface area contributed by atoms with Gasteiger partial charge in [0.25, 0.3) is 0 Å². The largest absolute Gasteiger partial charge is 0.462 e. The summed E-state index contributed by atoms with van der Waals surface area (Å²) in [4.78, 5) is 46.2. The van der Waals surface area contributed by atoms with Crippen molar-refractivity contribution in [1.29, 1.82) is 0 Å². The fourth-order valence-electron chi connectivity index (χ4n) is 8.78. The summed E-state index contributed by atoms with van der Waals surface area (Å²) in [6.07, 6.45) is 23.1. The number of carbonyl (C=O) groups excluding carboxylic acids is 2. The lowest BCUT2D eigenvalue weighted by atomic mass is 9.62. The third-order valence-corrected chi connectivity index (χ3v) is 12.4. The zero-order valence-corrected chi connectivity index (χ0v) is 32.6. The summed E-state index contributed by atoms with van der Waals surface area (Å²) in [6.45, 7) is 6.84. The number of benzene rings is 2. The van der Waals surface area contributed by atoms with Crippen LogP contribution in [-0.2, 0) is 28.4 Å². The Morgan fingerprint density at radius 1 is 0.600 bits per heavy atom. The molecule has 0 atom stereocenters. The number of anilines is 2. The fourth-order valence-corrected chi connectivity index (χ4v) is 8.78. The lowest BCUT2D eigenvalue weighted by Crippen LogP contribution is -2.37. The number of carbonyl (C=O) groups is 2. The maximum absolute atomic E-state index is 11.8. The first kappa shape index (κ1) is 38.6. The fraction of sp³-hybridized carbons (Fsp3) is 0.511. The topological polar surface area (TPSA) is 127 Å². The van der Waals surface area contributed by atoms with Crippen molar-refractivity contribution in [2.45, 2.75) is 108 Å². The summed E-state index contributed by atoms with van der Waals surface area (Å²) < 4.78 is 5.01. The second-order valence-corrected chi connectivity index (χ2v) is 15.9. The van der Waals surface area contributed by atoms with Crippen molar-refractivity contribution in [3.63, 3.8) is 0 Å². The Hall–Kier alpha value is -4.70. The maximum Gasteiger partial charge on any atom is 0.341 e. The zero-order valence-electron chi connectivity index (χ0n) is 32.6. The van der Waals surface area contributed by atoms with E-state index in [2.05, 4.69) is 78.3 Å². The minimum atomic E-state index is -0.360. The van der Waals surface area contributed by atoms with E-state index in [0.717, 1.165) is 24.5 Å². The van der Waals surface area contributed by atoms with E-state index in [0.29, 0.717) is 17.7 Å². The molecule has 0 bridgehead atoms. The van der Waals surface area contributed by atoms with Crippen molar-refractivity contribution in [3.05, 3.63) is 107 Å². The van der Waals surface area contributed by atoms with E-state index < -0.39 is 0 Å². The van der Waals surface area contributed by atoms with Gasteiger partial charge in [-0.15, -0.1) is 0 Å². The Labute approximate surface area is 326 Å². The molecule has 2 saturated heterocycles. The van der Waals surface area contributed by atoms with Crippen LogP contribution in [0.5, 0.6) is 0 Å². The smallest absolute Gasteiger partial charge is 0.341 e. The van der Waals surface area contributed by atoms with Crippen molar-refractivity contribution in [3.8, 4) is 0 Å². The van der Waals surface area contributed by atoms with Crippen LogP contribution in [0.4, 0.5) is 11.4 Å². The van der Waals surface area contributed by atoms with Crippen LogP contribution in [0.3, 0.4) is 0 Å². The van der Waals surface area contributed by atoms with E-state index in [1.807, 2.05) is 0 Å². The van der Waals surface area contributed by atoms with Gasteiger partial charge in [-0.25, -0.2) is 24.7 Å². The normalized spacial score (nSPS) is 18.6. The molecule has 0 unspecified atom stereocenters. The van der Waals surface area contributed by atoms with E-state index in [4.69, 9.17) is 10.5 Å². The van der Waals surface area contributed by atoms with Gasteiger partial charge < -0.3 is 20.3 Å². The van der Waals surface area contributed by atoms with Crippen molar-refractivity contribution < 1.29 is 14.3 Å². The van der Waals surface area contributed by atoms with E-state index in [1.165, 1.54) is 126 Å². The van der Waals surface area contributed by atoms with Crippen LogP contribution >= 0.6 is 0 Å². The summed E-state index contributed by atoms with van der Waals surface area (Å²) in [6, 6.07) is 18.3. The van der Waals surface area contributed by atoms with Gasteiger partial charge in [-0.05, 0) is 107 Å². The third kappa shape index (κ3) is 9.07. The summed E-state index contributed by atoms with van der Waals surface area (Å²) >= 11 is 0. The molecule has 290 valence electrons. The van der Waals surface area contributed by atoms with Gasteiger partial charge in [0.05, 0.1) is 24.3 Å². The summed E-state index contributed by atoms with van der Waals surface area (Å²) in [5, 5.41) is 0. The Bertz CT molecular complexity index is 1840. The third-order valence-electron chi connectivity index (χ3n) is 12.4. The van der Waals surface area contributed by atoms with Gasteiger partial charge in [0.2, 0.25) is 0 Å². The van der Waals surface area contributed by atoms with E-state index in [1.54, 1.807) is 31.7 Å². The number of ether oxygens (including phenoxy) is 1. The number of rotatable bonds is 12. The average Bonchev–Trinajstić information content (AvgIpc) is 3.22. The molecule has 2 aliphatic heterocycles. The van der Waals surface area contributed by atoms with E-state index >= 15 is 0 Å².